The first-order valence-corrected chi connectivity index (χ1v) is 8.14. The number of nitriles is 1. The highest BCUT2D eigenvalue weighted by atomic mass is 32.2. The van der Waals surface area contributed by atoms with Gasteiger partial charge in [0.1, 0.15) is 0 Å². The van der Waals surface area contributed by atoms with Crippen LogP contribution in [0.3, 0.4) is 0 Å². The van der Waals surface area contributed by atoms with Crippen LogP contribution in [0.25, 0.3) is 0 Å². The van der Waals surface area contributed by atoms with Crippen LogP contribution in [-0.2, 0) is 21.2 Å². The predicted molar refractivity (Wildman–Crippen MR) is 84.5 cm³/mol. The fourth-order valence-electron chi connectivity index (χ4n) is 2.15. The van der Waals surface area contributed by atoms with Gasteiger partial charge in [0.15, 0.2) is 0 Å². The summed E-state index contributed by atoms with van der Waals surface area (Å²) >= 11 is 0. The Balaban J connectivity index is 2.32. The van der Waals surface area contributed by atoms with Gasteiger partial charge in [-0.3, -0.25) is 9.52 Å². The second kappa shape index (κ2) is 6.50. The van der Waals surface area contributed by atoms with Crippen molar-refractivity contribution < 1.29 is 18.3 Å². The van der Waals surface area contributed by atoms with Crippen molar-refractivity contribution in [2.24, 2.45) is 0 Å². The van der Waals surface area contributed by atoms with Gasteiger partial charge in [-0.2, -0.15) is 5.26 Å². The van der Waals surface area contributed by atoms with Crippen LogP contribution in [0.4, 0.5) is 5.69 Å². The van der Waals surface area contributed by atoms with Gasteiger partial charge in [0.05, 0.1) is 22.9 Å². The number of anilines is 1. The summed E-state index contributed by atoms with van der Waals surface area (Å²) < 4.78 is 27.3. The van der Waals surface area contributed by atoms with E-state index in [9.17, 15) is 13.2 Å². The van der Waals surface area contributed by atoms with Gasteiger partial charge in [0.25, 0.3) is 10.0 Å². The van der Waals surface area contributed by atoms with Crippen LogP contribution in [0.2, 0.25) is 0 Å². The number of aryl methyl sites for hydroxylation is 1. The van der Waals surface area contributed by atoms with Crippen LogP contribution in [0.5, 0.6) is 0 Å². The van der Waals surface area contributed by atoms with Crippen LogP contribution < -0.4 is 4.72 Å². The molecule has 0 fully saturated rings. The third kappa shape index (κ3) is 4.08. The SMILES string of the molecule is Cc1cc(C#N)ccc1S(=O)(=O)Nc1cccc(CC(=O)O)c1. The van der Waals surface area contributed by atoms with Gasteiger partial charge in [-0.05, 0) is 48.4 Å². The summed E-state index contributed by atoms with van der Waals surface area (Å²) in [6, 6.07) is 12.5. The Morgan fingerprint density at radius 3 is 2.61 bits per heavy atom. The van der Waals surface area contributed by atoms with E-state index >= 15 is 0 Å². The lowest BCUT2D eigenvalue weighted by Crippen LogP contribution is -2.14. The Morgan fingerprint density at radius 2 is 2.00 bits per heavy atom. The maximum Gasteiger partial charge on any atom is 0.307 e. The second-order valence-electron chi connectivity index (χ2n) is 4.97. The molecule has 0 saturated carbocycles. The maximum absolute atomic E-state index is 12.4. The largest absolute Gasteiger partial charge is 0.481 e. The number of nitrogens with zero attached hydrogens (tertiary/aromatic N) is 1. The third-order valence-electron chi connectivity index (χ3n) is 3.13. The Kier molecular flexibility index (Phi) is 4.67. The van der Waals surface area contributed by atoms with Crippen LogP contribution >= 0.6 is 0 Å². The first-order chi connectivity index (χ1) is 10.8. The van der Waals surface area contributed by atoms with Crippen molar-refractivity contribution in [2.75, 3.05) is 4.72 Å². The number of carboxylic acids is 1. The normalized spacial score (nSPS) is 10.8. The average Bonchev–Trinajstić information content (AvgIpc) is 2.45. The second-order valence-corrected chi connectivity index (χ2v) is 6.62. The number of aliphatic carboxylic acids is 1. The van der Waals surface area contributed by atoms with E-state index < -0.39 is 16.0 Å². The fourth-order valence-corrected chi connectivity index (χ4v) is 3.43. The molecule has 0 saturated heterocycles. The van der Waals surface area contributed by atoms with Crippen molar-refractivity contribution in [3.8, 4) is 6.07 Å². The summed E-state index contributed by atoms with van der Waals surface area (Å²) in [6.45, 7) is 1.61. The summed E-state index contributed by atoms with van der Waals surface area (Å²) in [7, 11) is -3.82. The minimum atomic E-state index is -3.82. The van der Waals surface area contributed by atoms with E-state index in [1.165, 1.54) is 24.3 Å². The molecule has 0 spiro atoms. The van der Waals surface area contributed by atoms with E-state index in [-0.39, 0.29) is 17.0 Å². The summed E-state index contributed by atoms with van der Waals surface area (Å²) in [5.41, 5.74) is 1.62. The molecule has 0 aromatic heterocycles. The molecular formula is C16H14N2O4S. The molecule has 2 N–H and O–H groups in total. The Labute approximate surface area is 134 Å². The Morgan fingerprint density at radius 1 is 1.26 bits per heavy atom. The molecule has 0 radical (unpaired) electrons. The van der Waals surface area contributed by atoms with Crippen molar-refractivity contribution in [2.45, 2.75) is 18.2 Å². The fraction of sp³-hybridized carbons (Fsp3) is 0.125. The monoisotopic (exact) mass is 330 g/mol. The van der Waals surface area contributed by atoms with E-state index in [0.29, 0.717) is 16.7 Å². The summed E-state index contributed by atoms with van der Waals surface area (Å²) in [5, 5.41) is 17.6. The van der Waals surface area contributed by atoms with Crippen LogP contribution in [0, 0.1) is 18.3 Å². The third-order valence-corrected chi connectivity index (χ3v) is 4.67. The standard InChI is InChI=1S/C16H14N2O4S/c1-11-7-13(10-17)5-6-15(11)23(21,22)18-14-4-2-3-12(8-14)9-16(19)20/h2-8,18H,9H2,1H3,(H,19,20). The van der Waals surface area contributed by atoms with Gasteiger partial charge in [0.2, 0.25) is 0 Å². The van der Waals surface area contributed by atoms with E-state index in [4.69, 9.17) is 10.4 Å². The zero-order valence-corrected chi connectivity index (χ0v) is 13.1. The van der Waals surface area contributed by atoms with E-state index in [2.05, 4.69) is 4.72 Å². The van der Waals surface area contributed by atoms with E-state index in [0.717, 1.165) is 0 Å². The highest BCUT2D eigenvalue weighted by Gasteiger charge is 2.17. The zero-order chi connectivity index (χ0) is 17.0. The lowest BCUT2D eigenvalue weighted by Gasteiger charge is -2.11. The summed E-state index contributed by atoms with van der Waals surface area (Å²) in [4.78, 5) is 10.8. The van der Waals surface area contributed by atoms with Gasteiger partial charge in [0, 0.05) is 5.69 Å². The molecule has 2 aromatic carbocycles. The maximum atomic E-state index is 12.4. The number of hydrogen-bond donors (Lipinski definition) is 2. The molecule has 0 atom stereocenters. The molecule has 7 heteroatoms. The van der Waals surface area contributed by atoms with Gasteiger partial charge >= 0.3 is 5.97 Å². The highest BCUT2D eigenvalue weighted by molar-refractivity contribution is 7.92. The molecule has 0 unspecified atom stereocenters. The lowest BCUT2D eigenvalue weighted by molar-refractivity contribution is -0.136. The number of carbonyl (C=O) groups is 1. The molecule has 0 amide bonds. The number of hydrogen-bond acceptors (Lipinski definition) is 4. The number of nitrogens with one attached hydrogen (secondary N) is 1. The summed E-state index contributed by atoms with van der Waals surface area (Å²) in [5.74, 6) is -0.993. The number of benzene rings is 2. The van der Waals surface area contributed by atoms with Crippen molar-refractivity contribution in [1.82, 2.24) is 0 Å². The minimum Gasteiger partial charge on any atom is -0.481 e. The molecule has 0 heterocycles. The molecule has 2 rings (SSSR count). The molecule has 2 aromatic rings. The Bertz CT molecular complexity index is 899. The van der Waals surface area contributed by atoms with Gasteiger partial charge in [-0.15, -0.1) is 0 Å². The van der Waals surface area contributed by atoms with Crippen molar-refractivity contribution in [1.29, 1.82) is 5.26 Å². The Hall–Kier alpha value is -2.85. The highest BCUT2D eigenvalue weighted by Crippen LogP contribution is 2.21. The van der Waals surface area contributed by atoms with Gasteiger partial charge < -0.3 is 5.11 Å². The minimum absolute atomic E-state index is 0.0696. The predicted octanol–water partition coefficient (Wildman–Crippen LogP) is 2.29. The van der Waals surface area contributed by atoms with E-state index in [1.807, 2.05) is 6.07 Å². The molecule has 118 valence electrons. The van der Waals surface area contributed by atoms with Crippen molar-refractivity contribution in [3.05, 3.63) is 59.2 Å². The molecule has 0 aliphatic heterocycles. The molecule has 23 heavy (non-hydrogen) atoms. The number of rotatable bonds is 5. The smallest absolute Gasteiger partial charge is 0.307 e. The van der Waals surface area contributed by atoms with E-state index in [1.54, 1.807) is 25.1 Å². The quantitative estimate of drug-likeness (QED) is 0.874. The average molecular weight is 330 g/mol. The number of carboxylic acid groups (broad SMARTS) is 1. The summed E-state index contributed by atoms with van der Waals surface area (Å²) in [6.07, 6.45) is -0.189. The number of sulfonamides is 1. The topological polar surface area (TPSA) is 107 Å². The van der Waals surface area contributed by atoms with Crippen molar-refractivity contribution in [3.63, 3.8) is 0 Å². The molecule has 6 nitrogen and oxygen atoms in total. The molecule has 0 aliphatic rings. The zero-order valence-electron chi connectivity index (χ0n) is 12.3. The van der Waals surface area contributed by atoms with Gasteiger partial charge in [-0.25, -0.2) is 8.42 Å². The van der Waals surface area contributed by atoms with Gasteiger partial charge in [-0.1, -0.05) is 12.1 Å². The van der Waals surface area contributed by atoms with Crippen LogP contribution in [-0.4, -0.2) is 19.5 Å². The lowest BCUT2D eigenvalue weighted by atomic mass is 10.1. The molecule has 0 aliphatic carbocycles. The van der Waals surface area contributed by atoms with Crippen molar-refractivity contribution >= 4 is 21.7 Å². The first kappa shape index (κ1) is 16.5. The van der Waals surface area contributed by atoms with Crippen LogP contribution in [0.15, 0.2) is 47.4 Å². The molecule has 0 bridgehead atoms. The molecular weight excluding hydrogens is 316 g/mol. The van der Waals surface area contributed by atoms with Crippen LogP contribution in [0.1, 0.15) is 16.7 Å². The first-order valence-electron chi connectivity index (χ1n) is 6.66.